The van der Waals surface area contributed by atoms with Crippen molar-refractivity contribution in [2.75, 3.05) is 20.6 Å². The Morgan fingerprint density at radius 1 is 1.50 bits per heavy atom. The van der Waals surface area contributed by atoms with Gasteiger partial charge in [0.25, 0.3) is 0 Å². The van der Waals surface area contributed by atoms with E-state index < -0.39 is 0 Å². The van der Waals surface area contributed by atoms with Gasteiger partial charge in [-0.15, -0.1) is 0 Å². The first-order chi connectivity index (χ1) is 4.66. The predicted molar refractivity (Wildman–Crippen MR) is 42.6 cm³/mol. The zero-order chi connectivity index (χ0) is 7.98. The largest absolute Gasteiger partial charge is 0.309 e. The Hall–Kier alpha value is -0.550. The van der Waals surface area contributed by atoms with E-state index in [-0.39, 0.29) is 5.92 Å². The van der Waals surface area contributed by atoms with Crippen molar-refractivity contribution in [3.05, 3.63) is 0 Å². The molecule has 0 aliphatic heterocycles. The summed E-state index contributed by atoms with van der Waals surface area (Å²) in [6, 6.07) is 2.22. The van der Waals surface area contributed by atoms with Crippen LogP contribution in [0, 0.1) is 17.2 Å². The van der Waals surface area contributed by atoms with E-state index in [2.05, 4.69) is 25.1 Å². The van der Waals surface area contributed by atoms with Crippen LogP contribution >= 0.6 is 0 Å². The van der Waals surface area contributed by atoms with Crippen molar-refractivity contribution in [3.63, 3.8) is 0 Å². The van der Waals surface area contributed by atoms with E-state index in [4.69, 9.17) is 5.26 Å². The van der Waals surface area contributed by atoms with Crippen LogP contribution < -0.4 is 0 Å². The molecule has 0 radical (unpaired) electrons. The van der Waals surface area contributed by atoms with E-state index in [1.807, 2.05) is 6.92 Å². The van der Waals surface area contributed by atoms with Gasteiger partial charge in [-0.05, 0) is 40.4 Å². The Balaban J connectivity index is 3.13. The van der Waals surface area contributed by atoms with Crippen molar-refractivity contribution >= 4 is 0 Å². The summed E-state index contributed by atoms with van der Waals surface area (Å²) in [4.78, 5) is 2.14. The molecule has 0 heterocycles. The standard InChI is InChI=1S/C8H16N2/c1-8(7-9)5-4-6-10(2)3/h8H,4-6H2,1-3H3/t8-/m1/s1. The molecule has 0 saturated carbocycles. The fourth-order valence-electron chi connectivity index (χ4n) is 0.778. The van der Waals surface area contributed by atoms with Crippen LogP contribution in [0.25, 0.3) is 0 Å². The first-order valence-corrected chi connectivity index (χ1v) is 3.71. The van der Waals surface area contributed by atoms with Crippen LogP contribution in [0.4, 0.5) is 0 Å². The lowest BCUT2D eigenvalue weighted by atomic mass is 10.1. The molecule has 0 rings (SSSR count). The minimum Gasteiger partial charge on any atom is -0.309 e. The summed E-state index contributed by atoms with van der Waals surface area (Å²) in [6.07, 6.45) is 2.15. The van der Waals surface area contributed by atoms with Gasteiger partial charge < -0.3 is 4.90 Å². The molecule has 2 nitrogen and oxygen atoms in total. The van der Waals surface area contributed by atoms with E-state index in [1.54, 1.807) is 0 Å². The van der Waals surface area contributed by atoms with Crippen molar-refractivity contribution in [1.29, 1.82) is 5.26 Å². The predicted octanol–water partition coefficient (Wildman–Crippen LogP) is 1.49. The van der Waals surface area contributed by atoms with Gasteiger partial charge in [0.1, 0.15) is 0 Å². The van der Waals surface area contributed by atoms with Crippen molar-refractivity contribution in [3.8, 4) is 6.07 Å². The topological polar surface area (TPSA) is 27.0 Å². The minimum atomic E-state index is 0.222. The number of hydrogen-bond acceptors (Lipinski definition) is 2. The van der Waals surface area contributed by atoms with E-state index >= 15 is 0 Å². The highest BCUT2D eigenvalue weighted by Gasteiger charge is 1.98. The lowest BCUT2D eigenvalue weighted by molar-refractivity contribution is 0.385. The minimum absolute atomic E-state index is 0.222. The quantitative estimate of drug-likeness (QED) is 0.591. The summed E-state index contributed by atoms with van der Waals surface area (Å²) in [5.74, 6) is 0.222. The average molecular weight is 140 g/mol. The third kappa shape index (κ3) is 5.58. The second kappa shape index (κ2) is 5.25. The lowest BCUT2D eigenvalue weighted by Crippen LogP contribution is -2.13. The molecule has 10 heavy (non-hydrogen) atoms. The van der Waals surface area contributed by atoms with Crippen LogP contribution in [-0.2, 0) is 0 Å². The Kier molecular flexibility index (Phi) is 4.96. The summed E-state index contributed by atoms with van der Waals surface area (Å²) in [6.45, 7) is 3.06. The van der Waals surface area contributed by atoms with Crippen LogP contribution in [0.2, 0.25) is 0 Å². The van der Waals surface area contributed by atoms with Crippen LogP contribution in [0.3, 0.4) is 0 Å². The number of nitrogens with zero attached hydrogens (tertiary/aromatic N) is 2. The molecule has 0 spiro atoms. The molecule has 2 heteroatoms. The summed E-state index contributed by atoms with van der Waals surface area (Å²) in [5, 5.41) is 8.44. The maximum absolute atomic E-state index is 8.44. The first kappa shape index (κ1) is 9.45. The van der Waals surface area contributed by atoms with Crippen LogP contribution in [0.15, 0.2) is 0 Å². The highest BCUT2D eigenvalue weighted by atomic mass is 15.0. The van der Waals surface area contributed by atoms with Gasteiger partial charge in [0, 0.05) is 5.92 Å². The zero-order valence-electron chi connectivity index (χ0n) is 7.09. The second-order valence-corrected chi connectivity index (χ2v) is 2.98. The lowest BCUT2D eigenvalue weighted by Gasteiger charge is -2.08. The summed E-state index contributed by atoms with van der Waals surface area (Å²) < 4.78 is 0. The molecule has 0 fully saturated rings. The van der Waals surface area contributed by atoms with Crippen molar-refractivity contribution in [2.45, 2.75) is 19.8 Å². The molecule has 1 atom stereocenters. The van der Waals surface area contributed by atoms with Crippen LogP contribution in [-0.4, -0.2) is 25.5 Å². The van der Waals surface area contributed by atoms with Gasteiger partial charge in [0.05, 0.1) is 6.07 Å². The molecule has 0 aliphatic rings. The molecule has 0 bridgehead atoms. The van der Waals surface area contributed by atoms with Gasteiger partial charge in [-0.3, -0.25) is 0 Å². The van der Waals surface area contributed by atoms with Gasteiger partial charge in [0.15, 0.2) is 0 Å². The molecule has 0 N–H and O–H groups in total. The molecule has 0 aromatic carbocycles. The van der Waals surface area contributed by atoms with E-state index in [0.717, 1.165) is 19.4 Å². The molecule has 0 saturated heterocycles. The third-order valence-electron chi connectivity index (χ3n) is 1.46. The van der Waals surface area contributed by atoms with Crippen molar-refractivity contribution in [2.24, 2.45) is 5.92 Å². The van der Waals surface area contributed by atoms with Crippen LogP contribution in [0.5, 0.6) is 0 Å². The van der Waals surface area contributed by atoms with Gasteiger partial charge in [-0.25, -0.2) is 0 Å². The number of rotatable bonds is 4. The monoisotopic (exact) mass is 140 g/mol. The normalized spacial score (nSPS) is 13.1. The number of hydrogen-bond donors (Lipinski definition) is 0. The zero-order valence-corrected chi connectivity index (χ0v) is 7.09. The summed E-state index contributed by atoms with van der Waals surface area (Å²) in [7, 11) is 4.11. The van der Waals surface area contributed by atoms with Gasteiger partial charge >= 0.3 is 0 Å². The Labute approximate surface area is 63.4 Å². The highest BCUT2D eigenvalue weighted by Crippen LogP contribution is 2.02. The second-order valence-electron chi connectivity index (χ2n) is 2.98. The van der Waals surface area contributed by atoms with Gasteiger partial charge in [-0.2, -0.15) is 5.26 Å². The van der Waals surface area contributed by atoms with E-state index in [0.29, 0.717) is 0 Å². The third-order valence-corrected chi connectivity index (χ3v) is 1.46. The Morgan fingerprint density at radius 2 is 2.10 bits per heavy atom. The fraction of sp³-hybridized carbons (Fsp3) is 0.875. The smallest absolute Gasteiger partial charge is 0.0652 e. The summed E-state index contributed by atoms with van der Waals surface area (Å²) >= 11 is 0. The van der Waals surface area contributed by atoms with Crippen LogP contribution in [0.1, 0.15) is 19.8 Å². The average Bonchev–Trinajstić information content (AvgIpc) is 1.87. The molecule has 0 aromatic rings. The molecule has 0 amide bonds. The number of nitriles is 1. The van der Waals surface area contributed by atoms with E-state index in [1.165, 1.54) is 0 Å². The molecular formula is C8H16N2. The molecule has 58 valence electrons. The SMILES string of the molecule is C[C@@H](C#N)CCCN(C)C. The van der Waals surface area contributed by atoms with Crippen molar-refractivity contribution < 1.29 is 0 Å². The first-order valence-electron chi connectivity index (χ1n) is 3.71. The summed E-state index contributed by atoms with van der Waals surface area (Å²) in [5.41, 5.74) is 0. The molecular weight excluding hydrogens is 124 g/mol. The Bertz CT molecular complexity index is 113. The maximum Gasteiger partial charge on any atom is 0.0652 e. The van der Waals surface area contributed by atoms with Gasteiger partial charge in [-0.1, -0.05) is 0 Å². The molecule has 0 aliphatic carbocycles. The molecule has 0 aromatic heterocycles. The van der Waals surface area contributed by atoms with Crippen molar-refractivity contribution in [1.82, 2.24) is 4.90 Å². The Morgan fingerprint density at radius 3 is 2.50 bits per heavy atom. The van der Waals surface area contributed by atoms with Gasteiger partial charge in [0.2, 0.25) is 0 Å². The highest BCUT2D eigenvalue weighted by molar-refractivity contribution is 4.78. The fourth-order valence-corrected chi connectivity index (χ4v) is 0.778. The van der Waals surface area contributed by atoms with E-state index in [9.17, 15) is 0 Å². The maximum atomic E-state index is 8.44. The molecule has 0 unspecified atom stereocenters.